The highest BCUT2D eigenvalue weighted by molar-refractivity contribution is 5.70. The summed E-state index contributed by atoms with van der Waals surface area (Å²) in [5.41, 5.74) is -6.38. The molecule has 0 unspecified atom stereocenters. The van der Waals surface area contributed by atoms with Crippen molar-refractivity contribution < 1.29 is 46.2 Å². The first-order chi connectivity index (χ1) is 19.1. The Morgan fingerprint density at radius 2 is 1.52 bits per heavy atom. The second-order valence-electron chi connectivity index (χ2n) is 12.2. The maximum absolute atomic E-state index is 14.0. The first-order valence-electron chi connectivity index (χ1n) is 12.9. The van der Waals surface area contributed by atoms with Crippen LogP contribution in [0.2, 0.25) is 0 Å². The molecule has 2 N–H and O–H groups in total. The number of pyridine rings is 1. The van der Waals surface area contributed by atoms with E-state index in [1.54, 1.807) is 27.7 Å². The molecule has 4 rings (SSSR count). The minimum absolute atomic E-state index is 0.0141. The lowest BCUT2D eigenvalue weighted by Crippen LogP contribution is -2.66. The quantitative estimate of drug-likeness (QED) is 0.357. The summed E-state index contributed by atoms with van der Waals surface area (Å²) >= 11 is 0. The molecule has 1 aromatic carbocycles. The second-order valence-corrected chi connectivity index (χ2v) is 12.2. The molecule has 14 heteroatoms. The number of alkyl halides is 5. The summed E-state index contributed by atoms with van der Waals surface area (Å²) in [4.78, 5) is 22.4. The summed E-state index contributed by atoms with van der Waals surface area (Å²) in [6, 6.07) is 4.65. The molecule has 0 spiro atoms. The van der Waals surface area contributed by atoms with Gasteiger partial charge in [0, 0.05) is 47.6 Å². The summed E-state index contributed by atoms with van der Waals surface area (Å²) in [5.74, 6) is -5.17. The zero-order valence-corrected chi connectivity index (χ0v) is 23.8. The number of ether oxygens (including phenoxy) is 1. The van der Waals surface area contributed by atoms with Crippen LogP contribution in [0.5, 0.6) is 0 Å². The van der Waals surface area contributed by atoms with Gasteiger partial charge in [-0.3, -0.25) is 4.98 Å². The van der Waals surface area contributed by atoms with E-state index in [0.717, 1.165) is 12.1 Å². The fourth-order valence-electron chi connectivity index (χ4n) is 4.78. The predicted molar refractivity (Wildman–Crippen MR) is 138 cm³/mol. The van der Waals surface area contributed by atoms with Gasteiger partial charge in [-0.15, -0.1) is 0 Å². The smallest absolute Gasteiger partial charge is 0.444 e. The number of hydrogen-bond acceptors (Lipinski definition) is 8. The molecule has 228 valence electrons. The van der Waals surface area contributed by atoms with Crippen molar-refractivity contribution in [1.29, 1.82) is 0 Å². The molecule has 1 saturated heterocycles. The Labute approximate surface area is 238 Å². The van der Waals surface area contributed by atoms with E-state index in [9.17, 15) is 37.0 Å². The normalized spacial score (nSPS) is 17.4. The van der Waals surface area contributed by atoms with Crippen molar-refractivity contribution in [2.75, 3.05) is 13.1 Å². The van der Waals surface area contributed by atoms with Crippen molar-refractivity contribution in [3.05, 3.63) is 65.3 Å². The standard InChI is InChI=1S/C28H31F5N4O5/c1-23(2,3)41-22(38)37-14-25(6,15-37)26(40,17-7-9-18(10-8-17)27(29,30)28(31,32)33)19-11-16(12-34-13-19)20-35-21(42-36-20)24(4,5)39/h7-13,39-40H,14-15H2,1-6H3/t26-/m0/s1. The monoisotopic (exact) mass is 598 g/mol. The van der Waals surface area contributed by atoms with E-state index in [1.165, 1.54) is 37.2 Å². The molecule has 1 aliphatic heterocycles. The van der Waals surface area contributed by atoms with Crippen LogP contribution in [0, 0.1) is 5.41 Å². The highest BCUT2D eigenvalue weighted by atomic mass is 19.4. The van der Waals surface area contributed by atoms with Gasteiger partial charge in [-0.2, -0.15) is 26.9 Å². The molecular weight excluding hydrogens is 567 g/mol. The topological polar surface area (TPSA) is 122 Å². The lowest BCUT2D eigenvalue weighted by atomic mass is 9.62. The van der Waals surface area contributed by atoms with Gasteiger partial charge >= 0.3 is 18.2 Å². The van der Waals surface area contributed by atoms with Gasteiger partial charge in [0.25, 0.3) is 5.89 Å². The highest BCUT2D eigenvalue weighted by Crippen LogP contribution is 2.52. The second kappa shape index (κ2) is 9.97. The van der Waals surface area contributed by atoms with Crippen LogP contribution < -0.4 is 0 Å². The molecule has 0 aliphatic carbocycles. The SMILES string of the molecule is CC(C)(C)OC(=O)N1CC(C)([C@](O)(c2ccc(C(F)(F)C(F)(F)F)cc2)c2cncc(-c3noc(C(C)(C)O)n3)c2)C1. The van der Waals surface area contributed by atoms with Crippen molar-refractivity contribution in [1.82, 2.24) is 20.0 Å². The Morgan fingerprint density at radius 1 is 0.952 bits per heavy atom. The average molecular weight is 599 g/mol. The fraction of sp³-hybridized carbons (Fsp3) is 0.500. The van der Waals surface area contributed by atoms with Crippen molar-refractivity contribution in [3.63, 3.8) is 0 Å². The Balaban J connectivity index is 1.79. The number of likely N-dealkylation sites (tertiary alicyclic amines) is 1. The fourth-order valence-corrected chi connectivity index (χ4v) is 4.78. The van der Waals surface area contributed by atoms with Gasteiger partial charge in [0.15, 0.2) is 0 Å². The van der Waals surface area contributed by atoms with Gasteiger partial charge in [0.1, 0.15) is 16.8 Å². The number of aromatic nitrogens is 3. The molecule has 42 heavy (non-hydrogen) atoms. The molecule has 1 aliphatic rings. The lowest BCUT2D eigenvalue weighted by Gasteiger charge is -2.56. The first kappa shape index (κ1) is 31.3. The third-order valence-electron chi connectivity index (χ3n) is 6.99. The van der Waals surface area contributed by atoms with Crippen molar-refractivity contribution in [2.45, 2.75) is 70.4 Å². The first-order valence-corrected chi connectivity index (χ1v) is 12.9. The predicted octanol–water partition coefficient (Wildman–Crippen LogP) is 5.51. The number of aliphatic hydroxyl groups is 2. The highest BCUT2D eigenvalue weighted by Gasteiger charge is 2.60. The summed E-state index contributed by atoms with van der Waals surface area (Å²) in [5, 5.41) is 26.4. The molecule has 1 fully saturated rings. The Morgan fingerprint density at radius 3 is 2.02 bits per heavy atom. The van der Waals surface area contributed by atoms with E-state index in [2.05, 4.69) is 15.1 Å². The largest absolute Gasteiger partial charge is 0.458 e. The summed E-state index contributed by atoms with van der Waals surface area (Å²) in [6.07, 6.45) is -3.78. The van der Waals surface area contributed by atoms with Crippen LogP contribution in [-0.2, 0) is 21.9 Å². The number of benzene rings is 1. The number of carbonyl (C=O) groups excluding carboxylic acids is 1. The van der Waals surface area contributed by atoms with Crippen LogP contribution in [0.25, 0.3) is 11.4 Å². The van der Waals surface area contributed by atoms with Crippen LogP contribution in [0.15, 0.2) is 47.2 Å². The summed E-state index contributed by atoms with van der Waals surface area (Å²) in [6.45, 7) is 9.50. The molecule has 3 aromatic rings. The van der Waals surface area contributed by atoms with E-state index in [1.807, 2.05) is 0 Å². The van der Waals surface area contributed by atoms with Gasteiger partial charge < -0.3 is 24.4 Å². The molecule has 1 atom stereocenters. The van der Waals surface area contributed by atoms with E-state index in [0.29, 0.717) is 12.1 Å². The molecule has 0 radical (unpaired) electrons. The summed E-state index contributed by atoms with van der Waals surface area (Å²) < 4.78 is 77.6. The van der Waals surface area contributed by atoms with Gasteiger partial charge in [-0.1, -0.05) is 36.3 Å². The van der Waals surface area contributed by atoms with E-state index < -0.39 is 46.0 Å². The summed E-state index contributed by atoms with van der Waals surface area (Å²) in [7, 11) is 0. The number of amides is 1. The van der Waals surface area contributed by atoms with Crippen LogP contribution >= 0.6 is 0 Å². The minimum atomic E-state index is -5.82. The Hall–Kier alpha value is -3.65. The van der Waals surface area contributed by atoms with Crippen LogP contribution in [0.4, 0.5) is 26.7 Å². The zero-order chi connectivity index (χ0) is 31.5. The maximum Gasteiger partial charge on any atom is 0.458 e. The Kier molecular flexibility index (Phi) is 7.43. The molecule has 2 aromatic heterocycles. The number of rotatable bonds is 6. The van der Waals surface area contributed by atoms with E-state index >= 15 is 0 Å². The van der Waals surface area contributed by atoms with Crippen LogP contribution in [-0.4, -0.2) is 61.2 Å². The van der Waals surface area contributed by atoms with E-state index in [4.69, 9.17) is 9.26 Å². The lowest BCUT2D eigenvalue weighted by molar-refractivity contribution is -0.289. The zero-order valence-electron chi connectivity index (χ0n) is 23.8. The van der Waals surface area contributed by atoms with Gasteiger partial charge in [0.2, 0.25) is 5.82 Å². The van der Waals surface area contributed by atoms with Gasteiger partial charge in [-0.25, -0.2) is 4.79 Å². The molecule has 0 saturated carbocycles. The Bertz CT molecular complexity index is 1450. The third-order valence-corrected chi connectivity index (χ3v) is 6.99. The van der Waals surface area contributed by atoms with Crippen molar-refractivity contribution in [3.8, 4) is 11.4 Å². The third kappa shape index (κ3) is 5.56. The molecule has 1 amide bonds. The van der Waals surface area contributed by atoms with Crippen LogP contribution in [0.3, 0.4) is 0 Å². The molecule has 9 nitrogen and oxygen atoms in total. The van der Waals surface area contributed by atoms with Crippen molar-refractivity contribution >= 4 is 6.09 Å². The van der Waals surface area contributed by atoms with Gasteiger partial charge in [-0.05, 0) is 46.2 Å². The molecular formula is C28H31F5N4O5. The van der Waals surface area contributed by atoms with E-state index in [-0.39, 0.29) is 41.5 Å². The molecule has 3 heterocycles. The number of nitrogens with zero attached hydrogens (tertiary/aromatic N) is 4. The molecule has 0 bridgehead atoms. The van der Waals surface area contributed by atoms with Gasteiger partial charge in [0.05, 0.1) is 0 Å². The maximum atomic E-state index is 14.0. The number of hydrogen-bond donors (Lipinski definition) is 2. The minimum Gasteiger partial charge on any atom is -0.444 e. The van der Waals surface area contributed by atoms with Crippen LogP contribution in [0.1, 0.15) is 64.1 Å². The number of carbonyl (C=O) groups is 1. The number of halogens is 5. The average Bonchev–Trinajstić information content (AvgIpc) is 3.36. The van der Waals surface area contributed by atoms with Crippen molar-refractivity contribution in [2.24, 2.45) is 5.41 Å².